The lowest BCUT2D eigenvalue weighted by Crippen LogP contribution is -2.29. The quantitative estimate of drug-likeness (QED) is 0.704. The third kappa shape index (κ3) is 4.20. The highest BCUT2D eigenvalue weighted by Gasteiger charge is 2.19. The van der Waals surface area contributed by atoms with Gasteiger partial charge in [-0.25, -0.2) is 14.1 Å². The van der Waals surface area contributed by atoms with Gasteiger partial charge in [-0.1, -0.05) is 23.4 Å². The van der Waals surface area contributed by atoms with Gasteiger partial charge in [-0.15, -0.1) is 16.4 Å². The summed E-state index contributed by atoms with van der Waals surface area (Å²) in [6.07, 6.45) is 5.70. The normalized spacial score (nSPS) is 15.0. The minimum absolute atomic E-state index is 0.244. The van der Waals surface area contributed by atoms with E-state index in [1.807, 2.05) is 0 Å². The molecule has 1 saturated heterocycles. The summed E-state index contributed by atoms with van der Waals surface area (Å²) in [5, 5.41) is 14.6. The number of thiazole rings is 1. The molecule has 1 aliphatic rings. The number of hydrogen-bond acceptors (Lipinski definition) is 6. The number of benzene rings is 1. The van der Waals surface area contributed by atoms with Gasteiger partial charge in [0.05, 0.1) is 12.2 Å². The molecule has 7 nitrogen and oxygen atoms in total. The largest absolute Gasteiger partial charge is 0.317 e. The number of rotatable bonds is 5. The van der Waals surface area contributed by atoms with Crippen LogP contribution in [0.1, 0.15) is 39.8 Å². The Hall–Kier alpha value is -2.65. The molecule has 4 rings (SSSR count). The van der Waals surface area contributed by atoms with Crippen molar-refractivity contribution in [2.75, 3.05) is 18.4 Å². The number of nitrogens with zero attached hydrogens (tertiary/aromatic N) is 4. The van der Waals surface area contributed by atoms with Crippen molar-refractivity contribution >= 4 is 22.4 Å². The monoisotopic (exact) mass is 386 g/mol. The molecule has 0 atom stereocenters. The van der Waals surface area contributed by atoms with Crippen molar-refractivity contribution in [3.8, 4) is 0 Å². The van der Waals surface area contributed by atoms with Gasteiger partial charge in [0.1, 0.15) is 5.82 Å². The van der Waals surface area contributed by atoms with Crippen LogP contribution in [0.3, 0.4) is 0 Å². The first-order valence-electron chi connectivity index (χ1n) is 8.81. The van der Waals surface area contributed by atoms with Gasteiger partial charge in [0, 0.05) is 17.5 Å². The standard InChI is InChI=1S/C18H19FN6OS/c19-15-4-2-1-3-12(15)9-14-10-21-18(27-14)22-17(26)16-11-25(24-23-16)13-5-7-20-8-6-13/h1-4,10-11,13,20H,5-9H2,(H,21,22,26). The topological polar surface area (TPSA) is 84.7 Å². The third-order valence-corrected chi connectivity index (χ3v) is 5.44. The smallest absolute Gasteiger partial charge is 0.279 e. The van der Waals surface area contributed by atoms with Crippen LogP contribution in [0, 0.1) is 5.82 Å². The van der Waals surface area contributed by atoms with Crippen molar-refractivity contribution in [3.63, 3.8) is 0 Å². The van der Waals surface area contributed by atoms with E-state index in [9.17, 15) is 9.18 Å². The van der Waals surface area contributed by atoms with Crippen molar-refractivity contribution in [3.05, 3.63) is 58.6 Å². The highest BCUT2D eigenvalue weighted by molar-refractivity contribution is 7.15. The third-order valence-electron chi connectivity index (χ3n) is 4.52. The highest BCUT2D eigenvalue weighted by atomic mass is 32.1. The van der Waals surface area contributed by atoms with Crippen LogP contribution in [0.15, 0.2) is 36.7 Å². The summed E-state index contributed by atoms with van der Waals surface area (Å²) in [6, 6.07) is 6.91. The second-order valence-electron chi connectivity index (χ2n) is 6.42. The van der Waals surface area contributed by atoms with E-state index in [0.29, 0.717) is 17.1 Å². The zero-order valence-corrected chi connectivity index (χ0v) is 15.4. The molecule has 1 aromatic carbocycles. The molecule has 1 fully saturated rings. The first-order valence-corrected chi connectivity index (χ1v) is 9.63. The van der Waals surface area contributed by atoms with Crippen LogP contribution < -0.4 is 10.6 Å². The number of anilines is 1. The summed E-state index contributed by atoms with van der Waals surface area (Å²) in [7, 11) is 0. The SMILES string of the molecule is O=C(Nc1ncc(Cc2ccccc2F)s1)c1cn(C2CCNCC2)nn1. The number of nitrogens with one attached hydrogen (secondary N) is 2. The maximum absolute atomic E-state index is 13.8. The van der Waals surface area contributed by atoms with Gasteiger partial charge in [-0.3, -0.25) is 10.1 Å². The van der Waals surface area contributed by atoms with Crippen molar-refractivity contribution in [1.82, 2.24) is 25.3 Å². The molecule has 2 N–H and O–H groups in total. The molecule has 0 radical (unpaired) electrons. The molecule has 0 spiro atoms. The van der Waals surface area contributed by atoms with Gasteiger partial charge in [0.15, 0.2) is 10.8 Å². The van der Waals surface area contributed by atoms with Crippen LogP contribution in [0.2, 0.25) is 0 Å². The van der Waals surface area contributed by atoms with Crippen molar-refractivity contribution in [2.24, 2.45) is 0 Å². The zero-order valence-electron chi connectivity index (χ0n) is 14.6. The van der Waals surface area contributed by atoms with Crippen LogP contribution in [-0.2, 0) is 6.42 Å². The summed E-state index contributed by atoms with van der Waals surface area (Å²) in [6.45, 7) is 1.88. The summed E-state index contributed by atoms with van der Waals surface area (Å²) in [4.78, 5) is 17.5. The van der Waals surface area contributed by atoms with Crippen molar-refractivity contribution in [2.45, 2.75) is 25.3 Å². The predicted molar refractivity (Wildman–Crippen MR) is 100 cm³/mol. The molecule has 0 saturated carbocycles. The molecule has 1 aliphatic heterocycles. The summed E-state index contributed by atoms with van der Waals surface area (Å²) in [5.41, 5.74) is 0.864. The van der Waals surface area contributed by atoms with E-state index in [4.69, 9.17) is 0 Å². The zero-order chi connectivity index (χ0) is 18.6. The summed E-state index contributed by atoms with van der Waals surface area (Å²) >= 11 is 1.32. The minimum Gasteiger partial charge on any atom is -0.317 e. The number of halogens is 1. The summed E-state index contributed by atoms with van der Waals surface area (Å²) in [5.74, 6) is -0.590. The molecular formula is C18H19FN6OS. The number of aromatic nitrogens is 4. The van der Waals surface area contributed by atoms with Crippen molar-refractivity contribution in [1.29, 1.82) is 0 Å². The lowest BCUT2D eigenvalue weighted by molar-refractivity contribution is 0.102. The number of carbonyl (C=O) groups excluding carboxylic acids is 1. The molecular weight excluding hydrogens is 367 g/mol. The van der Waals surface area contributed by atoms with Crippen LogP contribution in [-0.4, -0.2) is 39.0 Å². The number of carbonyl (C=O) groups is 1. The van der Waals surface area contributed by atoms with E-state index in [1.54, 1.807) is 35.3 Å². The van der Waals surface area contributed by atoms with Gasteiger partial charge in [-0.2, -0.15) is 0 Å². The van der Waals surface area contributed by atoms with Gasteiger partial charge < -0.3 is 5.32 Å². The first kappa shape index (κ1) is 17.7. The lowest BCUT2D eigenvalue weighted by atomic mass is 10.1. The number of hydrogen-bond donors (Lipinski definition) is 2. The van der Waals surface area contributed by atoms with Gasteiger partial charge in [0.2, 0.25) is 0 Å². The molecule has 2 aromatic heterocycles. The van der Waals surface area contributed by atoms with E-state index in [1.165, 1.54) is 17.4 Å². The Morgan fingerprint density at radius 1 is 1.33 bits per heavy atom. The molecule has 0 unspecified atom stereocenters. The molecule has 0 aliphatic carbocycles. The number of amides is 1. The Kier molecular flexibility index (Phi) is 5.21. The lowest BCUT2D eigenvalue weighted by Gasteiger charge is -2.21. The average Bonchev–Trinajstić information content (AvgIpc) is 3.34. The molecule has 140 valence electrons. The Morgan fingerprint density at radius 2 is 2.15 bits per heavy atom. The van der Waals surface area contributed by atoms with Crippen LogP contribution in [0.5, 0.6) is 0 Å². The fraction of sp³-hybridized carbons (Fsp3) is 0.333. The Bertz CT molecular complexity index is 933. The molecule has 9 heteroatoms. The predicted octanol–water partition coefficient (Wildman–Crippen LogP) is 2.64. The maximum atomic E-state index is 13.8. The summed E-state index contributed by atoms with van der Waals surface area (Å²) < 4.78 is 15.5. The van der Waals surface area contributed by atoms with Crippen LogP contribution >= 0.6 is 11.3 Å². The van der Waals surface area contributed by atoms with Crippen LogP contribution in [0.25, 0.3) is 0 Å². The maximum Gasteiger partial charge on any atom is 0.279 e. The van der Waals surface area contributed by atoms with E-state index in [0.717, 1.165) is 30.8 Å². The molecule has 3 heterocycles. The molecule has 27 heavy (non-hydrogen) atoms. The molecule has 0 bridgehead atoms. The fourth-order valence-corrected chi connectivity index (χ4v) is 3.90. The van der Waals surface area contributed by atoms with E-state index < -0.39 is 0 Å². The second-order valence-corrected chi connectivity index (χ2v) is 7.53. The first-order chi connectivity index (χ1) is 13.2. The second kappa shape index (κ2) is 7.93. The number of piperidine rings is 1. The van der Waals surface area contributed by atoms with Gasteiger partial charge in [0.25, 0.3) is 5.91 Å². The minimum atomic E-state index is -0.345. The fourth-order valence-electron chi connectivity index (χ4n) is 3.07. The van der Waals surface area contributed by atoms with E-state index >= 15 is 0 Å². The molecule has 3 aromatic rings. The van der Waals surface area contributed by atoms with Crippen LogP contribution in [0.4, 0.5) is 9.52 Å². The molecule has 1 amide bonds. The highest BCUT2D eigenvalue weighted by Crippen LogP contribution is 2.23. The van der Waals surface area contributed by atoms with Gasteiger partial charge >= 0.3 is 0 Å². The Balaban J connectivity index is 1.39. The van der Waals surface area contributed by atoms with E-state index in [2.05, 4.69) is 25.9 Å². The van der Waals surface area contributed by atoms with Crippen molar-refractivity contribution < 1.29 is 9.18 Å². The van der Waals surface area contributed by atoms with E-state index in [-0.39, 0.29) is 23.5 Å². The average molecular weight is 386 g/mol. The van der Waals surface area contributed by atoms with Gasteiger partial charge in [-0.05, 0) is 37.6 Å². The Labute approximate surface area is 159 Å². The Morgan fingerprint density at radius 3 is 2.96 bits per heavy atom.